The molecule has 0 amide bonds. The van der Waals surface area contributed by atoms with Crippen LogP contribution in [0.1, 0.15) is 55.4 Å². The minimum atomic E-state index is -1.47. The molecule has 188 valence electrons. The van der Waals surface area contributed by atoms with Crippen molar-refractivity contribution in [2.24, 2.45) is 0 Å². The fourth-order valence-electron chi connectivity index (χ4n) is 0.774. The smallest absolute Gasteiger partial charge is 0.545 e. The Morgan fingerprint density at radius 1 is 0.667 bits per heavy atom. The summed E-state index contributed by atoms with van der Waals surface area (Å²) in [6.45, 7) is 15.1. The van der Waals surface area contributed by atoms with Crippen molar-refractivity contribution in [3.05, 3.63) is 36.1 Å². The predicted molar refractivity (Wildman–Crippen MR) is 120 cm³/mol. The largest absolute Gasteiger partial charge is 2.00 e. The van der Waals surface area contributed by atoms with E-state index in [1.807, 2.05) is 0 Å². The zero-order chi connectivity index (χ0) is 26.3. The molecule has 2 atom stereocenters. The summed E-state index contributed by atoms with van der Waals surface area (Å²) in [6, 6.07) is 0. The van der Waals surface area contributed by atoms with Gasteiger partial charge in [0, 0.05) is 12.2 Å². The van der Waals surface area contributed by atoms with Gasteiger partial charge in [-0.3, -0.25) is 0 Å². The Morgan fingerprint density at radius 2 is 0.879 bits per heavy atom. The summed E-state index contributed by atoms with van der Waals surface area (Å²) >= 11 is 0. The molecule has 0 bridgehead atoms. The quantitative estimate of drug-likeness (QED) is 0.213. The minimum Gasteiger partial charge on any atom is -0.545 e. The molecule has 2 N–H and O–H groups in total. The van der Waals surface area contributed by atoms with Crippen molar-refractivity contribution in [3.63, 3.8) is 0 Å². The van der Waals surface area contributed by atoms with Gasteiger partial charge in [0.2, 0.25) is 0 Å². The first-order chi connectivity index (χ1) is 14.5. The van der Waals surface area contributed by atoms with Crippen LogP contribution in [-0.2, 0) is 28.7 Å². The molecule has 0 spiro atoms. The Hall–Kier alpha value is -1.92. The van der Waals surface area contributed by atoms with E-state index in [2.05, 4.69) is 51.0 Å². The number of ether oxygens (including phenoxy) is 2. The molecule has 0 aromatic heterocycles. The van der Waals surface area contributed by atoms with Crippen molar-refractivity contribution in [2.45, 2.75) is 67.6 Å². The monoisotopic (exact) mass is 580 g/mol. The molecule has 33 heavy (non-hydrogen) atoms. The molecule has 0 rings (SSSR count). The first-order valence-electron chi connectivity index (χ1n) is 9.52. The molecular weight excluding hydrogens is 543 g/mol. The van der Waals surface area contributed by atoms with Gasteiger partial charge in [0.25, 0.3) is 0 Å². The number of carbonyl (C=O) groups excluding carboxylic acids is 4. The predicted octanol–water partition coefficient (Wildman–Crippen LogP) is -0.707. The normalized spacial score (nSPS) is 11.5. The molecule has 4 radical (unpaired) electrons. The number of aliphatic hydroxyl groups excluding tert-OH is 2. The van der Waals surface area contributed by atoms with Crippen LogP contribution in [0, 0.1) is 11.8 Å². The van der Waals surface area contributed by atoms with Gasteiger partial charge >= 0.3 is 35.8 Å². The minimum absolute atomic E-state index is 0. The summed E-state index contributed by atoms with van der Waals surface area (Å²) in [7, 11) is 0. The molecule has 0 aromatic rings. The number of carboxylic acids is 2. The second-order valence-corrected chi connectivity index (χ2v) is 7.26. The summed E-state index contributed by atoms with van der Waals surface area (Å²) < 4.78 is 8.77. The summed E-state index contributed by atoms with van der Waals surface area (Å²) in [5.74, 6) is -1.74. The van der Waals surface area contributed by atoms with Gasteiger partial charge in [-0.1, -0.05) is 41.5 Å². The fourth-order valence-corrected chi connectivity index (χ4v) is 0.774. The molecule has 2 unspecified atom stereocenters. The SMILES string of the molecule is CC(O)COC(=O)/C=C\C(=O)[O-].CC(O)COC(=O)/C=C\C(=O)[O-].C[C](C)C.C[C](C)C.[Sn+2]. The summed E-state index contributed by atoms with van der Waals surface area (Å²) in [6.07, 6.45) is 1.04. The average Bonchev–Trinajstić information content (AvgIpc) is 2.60. The first-order valence-corrected chi connectivity index (χ1v) is 9.52. The first kappa shape index (κ1) is 41.3. The number of rotatable bonds is 8. The molecular formula is C22H36O10Sn. The zero-order valence-corrected chi connectivity index (χ0v) is 23.4. The number of hydrogen-bond donors (Lipinski definition) is 2. The van der Waals surface area contributed by atoms with Gasteiger partial charge in [0.1, 0.15) is 13.2 Å². The zero-order valence-electron chi connectivity index (χ0n) is 20.5. The Kier molecular flexibility index (Phi) is 35.2. The fraction of sp³-hybridized carbons (Fsp3) is 0.545. The number of hydrogen-bond acceptors (Lipinski definition) is 10. The van der Waals surface area contributed by atoms with Crippen molar-refractivity contribution in [1.82, 2.24) is 0 Å². The molecule has 11 heteroatoms. The second-order valence-electron chi connectivity index (χ2n) is 7.26. The molecule has 0 saturated carbocycles. The number of esters is 2. The second kappa shape index (κ2) is 28.1. The third-order valence-corrected chi connectivity index (χ3v) is 1.64. The van der Waals surface area contributed by atoms with Crippen LogP contribution in [0.4, 0.5) is 0 Å². The third kappa shape index (κ3) is 72.6. The van der Waals surface area contributed by atoms with Crippen LogP contribution < -0.4 is 10.2 Å². The van der Waals surface area contributed by atoms with Crippen LogP contribution in [0.3, 0.4) is 0 Å². The molecule has 0 aliphatic rings. The van der Waals surface area contributed by atoms with Gasteiger partial charge in [-0.05, 0) is 37.8 Å². The molecule has 10 nitrogen and oxygen atoms in total. The van der Waals surface area contributed by atoms with Gasteiger partial charge in [-0.2, -0.15) is 0 Å². The van der Waals surface area contributed by atoms with E-state index in [4.69, 9.17) is 10.2 Å². The van der Waals surface area contributed by atoms with E-state index in [0.717, 1.165) is 12.2 Å². The standard InChI is InChI=1S/2C7H10O5.2C4H9.Sn/c2*1-5(8)4-12-7(11)3-2-6(9)10;2*1-4(2)3;/h2*2-3,5,8H,4H2,1H3,(H,9,10);2*1-3H3;/q;;;;+2/p-2/b2*3-2-;;;. The van der Waals surface area contributed by atoms with Crippen LogP contribution in [0.5, 0.6) is 0 Å². The van der Waals surface area contributed by atoms with Crippen LogP contribution in [-0.4, -0.2) is 83.4 Å². The van der Waals surface area contributed by atoms with Crippen molar-refractivity contribution in [1.29, 1.82) is 0 Å². The number of carboxylic acid groups (broad SMARTS) is 2. The molecule has 0 fully saturated rings. The summed E-state index contributed by atoms with van der Waals surface area (Å²) in [5, 5.41) is 36.9. The molecule has 0 aliphatic heterocycles. The van der Waals surface area contributed by atoms with Crippen LogP contribution >= 0.6 is 0 Å². The Labute approximate surface area is 213 Å². The van der Waals surface area contributed by atoms with Crippen LogP contribution in [0.25, 0.3) is 0 Å². The van der Waals surface area contributed by atoms with Crippen molar-refractivity contribution >= 4 is 47.8 Å². The number of carbonyl (C=O) groups is 4. The van der Waals surface area contributed by atoms with Crippen molar-refractivity contribution in [3.8, 4) is 0 Å². The van der Waals surface area contributed by atoms with Crippen LogP contribution in [0.2, 0.25) is 0 Å². The van der Waals surface area contributed by atoms with Gasteiger partial charge in [0.15, 0.2) is 0 Å². The topological polar surface area (TPSA) is 173 Å². The number of aliphatic carboxylic acids is 2. The van der Waals surface area contributed by atoms with E-state index in [9.17, 15) is 29.4 Å². The van der Waals surface area contributed by atoms with Crippen molar-refractivity contribution < 1.29 is 49.1 Å². The van der Waals surface area contributed by atoms with Gasteiger partial charge in [-0.25, -0.2) is 9.59 Å². The molecule has 0 heterocycles. The Balaban J connectivity index is -0.000000117. The summed E-state index contributed by atoms with van der Waals surface area (Å²) in [4.78, 5) is 40.7. The van der Waals surface area contributed by atoms with Gasteiger partial charge in [0.05, 0.1) is 24.1 Å². The summed E-state index contributed by atoms with van der Waals surface area (Å²) in [5.41, 5.74) is 0. The maximum Gasteiger partial charge on any atom is 2.00 e. The maximum atomic E-state index is 10.5. The van der Waals surface area contributed by atoms with E-state index >= 15 is 0 Å². The third-order valence-electron chi connectivity index (χ3n) is 1.64. The number of aliphatic hydroxyl groups is 2. The van der Waals surface area contributed by atoms with Gasteiger partial charge < -0.3 is 39.5 Å². The van der Waals surface area contributed by atoms with Crippen LogP contribution in [0.15, 0.2) is 24.3 Å². The Morgan fingerprint density at radius 3 is 1.03 bits per heavy atom. The van der Waals surface area contributed by atoms with E-state index in [-0.39, 0.29) is 37.1 Å². The Bertz CT molecular complexity index is 512. The van der Waals surface area contributed by atoms with E-state index < -0.39 is 36.1 Å². The average molecular weight is 579 g/mol. The molecule has 0 aromatic carbocycles. The molecule has 0 aliphatic carbocycles. The van der Waals surface area contributed by atoms with Crippen molar-refractivity contribution in [2.75, 3.05) is 13.2 Å². The van der Waals surface area contributed by atoms with Gasteiger partial charge in [-0.15, -0.1) is 0 Å². The van der Waals surface area contributed by atoms with E-state index in [0.29, 0.717) is 12.2 Å². The van der Waals surface area contributed by atoms with E-state index in [1.54, 1.807) is 0 Å². The maximum absolute atomic E-state index is 10.5. The molecule has 0 saturated heterocycles. The van der Waals surface area contributed by atoms with E-state index in [1.165, 1.54) is 25.7 Å².